The Morgan fingerprint density at radius 2 is 2.00 bits per heavy atom. The zero-order valence-electron chi connectivity index (χ0n) is 9.72. The molecular weight excluding hydrogens is 218 g/mol. The van der Waals surface area contributed by atoms with E-state index in [0.29, 0.717) is 11.5 Å². The van der Waals surface area contributed by atoms with E-state index in [-0.39, 0.29) is 0 Å². The van der Waals surface area contributed by atoms with Gasteiger partial charge >= 0.3 is 0 Å². The van der Waals surface area contributed by atoms with E-state index in [9.17, 15) is 0 Å². The topological polar surface area (TPSA) is 12.0 Å². The van der Waals surface area contributed by atoms with Gasteiger partial charge in [0.05, 0.1) is 0 Å². The summed E-state index contributed by atoms with van der Waals surface area (Å²) in [6, 6.07) is 6.86. The van der Waals surface area contributed by atoms with Crippen molar-refractivity contribution in [3.8, 4) is 0 Å². The second-order valence-electron chi connectivity index (χ2n) is 5.27. The summed E-state index contributed by atoms with van der Waals surface area (Å²) in [7, 11) is 0. The first-order valence-electron chi connectivity index (χ1n) is 6.29. The van der Waals surface area contributed by atoms with Gasteiger partial charge in [-0.05, 0) is 43.5 Å². The third-order valence-corrected chi connectivity index (χ3v) is 4.70. The lowest BCUT2D eigenvalue weighted by atomic mass is 9.67. The van der Waals surface area contributed by atoms with Gasteiger partial charge in [0.25, 0.3) is 0 Å². The zero-order chi connectivity index (χ0) is 11.2. The van der Waals surface area contributed by atoms with Gasteiger partial charge in [-0.3, -0.25) is 0 Å². The van der Waals surface area contributed by atoms with Crippen LogP contribution in [-0.2, 0) is 5.41 Å². The number of hydrogen-bond acceptors (Lipinski definition) is 1. The Morgan fingerprint density at radius 1 is 1.25 bits per heavy atom. The van der Waals surface area contributed by atoms with Crippen molar-refractivity contribution in [1.29, 1.82) is 0 Å². The van der Waals surface area contributed by atoms with Crippen LogP contribution < -0.4 is 5.32 Å². The maximum atomic E-state index is 6.15. The number of benzene rings is 1. The number of rotatable bonds is 0. The summed E-state index contributed by atoms with van der Waals surface area (Å²) in [5.74, 6) is 0. The quantitative estimate of drug-likeness (QED) is 0.705. The molecule has 1 aliphatic heterocycles. The molecule has 2 aliphatic rings. The number of hydrogen-bond donors (Lipinski definition) is 1. The molecule has 0 amide bonds. The lowest BCUT2D eigenvalue weighted by molar-refractivity contribution is 0.277. The fraction of sp³-hybridized carbons (Fsp3) is 0.571. The van der Waals surface area contributed by atoms with Crippen molar-refractivity contribution in [2.24, 2.45) is 0 Å². The van der Waals surface area contributed by atoms with Gasteiger partial charge in [0.15, 0.2) is 0 Å². The molecule has 0 bridgehead atoms. The van der Waals surface area contributed by atoms with E-state index < -0.39 is 0 Å². The maximum Gasteiger partial charge on any atom is 0.0410 e. The van der Waals surface area contributed by atoms with Crippen LogP contribution in [0.3, 0.4) is 0 Å². The van der Waals surface area contributed by atoms with E-state index in [2.05, 4.69) is 24.4 Å². The Morgan fingerprint density at radius 3 is 2.75 bits per heavy atom. The molecule has 1 spiro atoms. The van der Waals surface area contributed by atoms with Crippen LogP contribution in [0.1, 0.15) is 44.6 Å². The molecule has 1 aliphatic carbocycles. The minimum atomic E-state index is 0.360. The molecule has 1 nitrogen and oxygen atoms in total. The average Bonchev–Trinajstić information content (AvgIpc) is 2.55. The van der Waals surface area contributed by atoms with Crippen molar-refractivity contribution >= 4 is 17.3 Å². The second-order valence-corrected chi connectivity index (χ2v) is 5.71. The molecule has 0 radical (unpaired) electrons. The van der Waals surface area contributed by atoms with Crippen molar-refractivity contribution in [2.75, 3.05) is 5.32 Å². The maximum absolute atomic E-state index is 6.15. The molecule has 0 aromatic heterocycles. The van der Waals surface area contributed by atoms with Gasteiger partial charge in [0.2, 0.25) is 0 Å². The zero-order valence-corrected chi connectivity index (χ0v) is 10.5. The minimum Gasteiger partial charge on any atom is -0.381 e. The number of nitrogens with one attached hydrogen (secondary N) is 1. The smallest absolute Gasteiger partial charge is 0.0410 e. The third kappa shape index (κ3) is 1.37. The first-order chi connectivity index (χ1) is 7.72. The summed E-state index contributed by atoms with van der Waals surface area (Å²) in [5, 5.41) is 4.50. The SMILES string of the molecule is CC1Nc2ccc(Cl)cc2C12CCCCC2. The standard InChI is InChI=1S/C14H18ClN/c1-10-14(7-3-2-4-8-14)12-9-11(15)5-6-13(12)16-10/h5-6,9-10,16H,2-4,7-8H2,1H3. The Bertz CT molecular complexity index is 407. The van der Waals surface area contributed by atoms with Gasteiger partial charge in [-0.15, -0.1) is 0 Å². The Kier molecular flexibility index (Phi) is 2.39. The molecule has 0 saturated heterocycles. The highest BCUT2D eigenvalue weighted by atomic mass is 35.5. The highest BCUT2D eigenvalue weighted by molar-refractivity contribution is 6.30. The molecular formula is C14H18ClN. The summed E-state index contributed by atoms with van der Waals surface area (Å²) in [5.41, 5.74) is 3.13. The molecule has 3 rings (SSSR count). The monoisotopic (exact) mass is 235 g/mol. The predicted octanol–water partition coefficient (Wildman–Crippen LogP) is 4.36. The molecule has 1 atom stereocenters. The molecule has 1 aromatic carbocycles. The van der Waals surface area contributed by atoms with Gasteiger partial charge in [0, 0.05) is 22.2 Å². The summed E-state index contributed by atoms with van der Waals surface area (Å²) < 4.78 is 0. The van der Waals surface area contributed by atoms with E-state index >= 15 is 0 Å². The van der Waals surface area contributed by atoms with Crippen molar-refractivity contribution < 1.29 is 0 Å². The van der Waals surface area contributed by atoms with Crippen molar-refractivity contribution in [3.05, 3.63) is 28.8 Å². The number of fused-ring (bicyclic) bond motifs is 2. The lowest BCUT2D eigenvalue weighted by Gasteiger charge is -2.37. The molecule has 16 heavy (non-hydrogen) atoms. The van der Waals surface area contributed by atoms with Gasteiger partial charge in [-0.1, -0.05) is 30.9 Å². The number of anilines is 1. The van der Waals surface area contributed by atoms with Crippen LogP contribution in [0.4, 0.5) is 5.69 Å². The summed E-state index contributed by atoms with van der Waals surface area (Å²) in [6.45, 7) is 2.32. The van der Waals surface area contributed by atoms with Crippen LogP contribution in [0.2, 0.25) is 5.02 Å². The molecule has 1 saturated carbocycles. The van der Waals surface area contributed by atoms with Gasteiger partial charge in [-0.25, -0.2) is 0 Å². The molecule has 1 unspecified atom stereocenters. The van der Waals surface area contributed by atoms with Crippen LogP contribution >= 0.6 is 11.6 Å². The van der Waals surface area contributed by atoms with Gasteiger partial charge in [-0.2, -0.15) is 0 Å². The normalized spacial score (nSPS) is 26.5. The fourth-order valence-electron chi connectivity index (χ4n) is 3.54. The van der Waals surface area contributed by atoms with Crippen LogP contribution in [0.5, 0.6) is 0 Å². The minimum absolute atomic E-state index is 0.360. The second kappa shape index (κ2) is 3.66. The van der Waals surface area contributed by atoms with Crippen molar-refractivity contribution in [1.82, 2.24) is 0 Å². The molecule has 1 N–H and O–H groups in total. The van der Waals surface area contributed by atoms with Gasteiger partial charge in [0.1, 0.15) is 0 Å². The highest BCUT2D eigenvalue weighted by Gasteiger charge is 2.44. The van der Waals surface area contributed by atoms with E-state index in [0.717, 1.165) is 5.02 Å². The fourth-order valence-corrected chi connectivity index (χ4v) is 3.72. The van der Waals surface area contributed by atoms with E-state index in [4.69, 9.17) is 11.6 Å². The first-order valence-corrected chi connectivity index (χ1v) is 6.67. The molecule has 1 heterocycles. The lowest BCUT2D eigenvalue weighted by Crippen LogP contribution is -2.38. The Hall–Kier alpha value is -0.690. The van der Waals surface area contributed by atoms with Crippen LogP contribution in [0.25, 0.3) is 0 Å². The van der Waals surface area contributed by atoms with Gasteiger partial charge < -0.3 is 5.32 Å². The Labute approximate surface area is 102 Å². The van der Waals surface area contributed by atoms with E-state index in [1.807, 2.05) is 6.07 Å². The van der Waals surface area contributed by atoms with Crippen molar-refractivity contribution in [3.63, 3.8) is 0 Å². The van der Waals surface area contributed by atoms with E-state index in [1.165, 1.54) is 43.4 Å². The Balaban J connectivity index is 2.09. The summed E-state index contributed by atoms with van der Waals surface area (Å²) in [6.07, 6.45) is 6.74. The average molecular weight is 236 g/mol. The highest BCUT2D eigenvalue weighted by Crippen LogP contribution is 2.50. The number of halogens is 1. The third-order valence-electron chi connectivity index (χ3n) is 4.46. The van der Waals surface area contributed by atoms with Crippen LogP contribution in [-0.4, -0.2) is 6.04 Å². The van der Waals surface area contributed by atoms with Crippen molar-refractivity contribution in [2.45, 2.75) is 50.5 Å². The largest absolute Gasteiger partial charge is 0.381 e. The van der Waals surface area contributed by atoms with E-state index in [1.54, 1.807) is 0 Å². The van der Waals surface area contributed by atoms with Crippen LogP contribution in [0, 0.1) is 0 Å². The summed E-state index contributed by atoms with van der Waals surface area (Å²) >= 11 is 6.15. The van der Waals surface area contributed by atoms with Crippen LogP contribution in [0.15, 0.2) is 18.2 Å². The molecule has 1 aromatic rings. The first kappa shape index (κ1) is 10.5. The predicted molar refractivity (Wildman–Crippen MR) is 69.3 cm³/mol. The molecule has 2 heteroatoms. The molecule has 1 fully saturated rings. The molecule has 86 valence electrons. The summed E-state index contributed by atoms with van der Waals surface area (Å²) in [4.78, 5) is 0.